The number of hydrogen-bond donors (Lipinski definition) is 0. The summed E-state index contributed by atoms with van der Waals surface area (Å²) in [7, 11) is 0. The van der Waals surface area contributed by atoms with Crippen LogP contribution in [-0.2, 0) is 9.53 Å². The topological polar surface area (TPSA) is 64.4 Å². The third-order valence-corrected chi connectivity index (χ3v) is 6.73. The summed E-state index contributed by atoms with van der Waals surface area (Å²) >= 11 is 0. The summed E-state index contributed by atoms with van der Waals surface area (Å²) in [5, 5.41) is 4.90. The number of carbonyl (C=O) groups excluding carboxylic acids is 2. The van der Waals surface area contributed by atoms with Crippen molar-refractivity contribution < 1.29 is 14.3 Å². The second-order valence-corrected chi connectivity index (χ2v) is 9.23. The van der Waals surface area contributed by atoms with Crippen LogP contribution in [0.3, 0.4) is 0 Å². The van der Waals surface area contributed by atoms with Gasteiger partial charge in [-0.15, -0.1) is 0 Å². The van der Waals surface area contributed by atoms with E-state index in [1.54, 1.807) is 4.68 Å². The molecular weight excluding hydrogens is 426 g/mol. The van der Waals surface area contributed by atoms with Crippen molar-refractivity contribution in [1.29, 1.82) is 0 Å². The van der Waals surface area contributed by atoms with E-state index in [0.717, 1.165) is 28.1 Å². The van der Waals surface area contributed by atoms with Crippen LogP contribution in [0.1, 0.15) is 52.5 Å². The highest BCUT2D eigenvalue weighted by molar-refractivity contribution is 5.94. The molecule has 1 aliphatic heterocycles. The quantitative estimate of drug-likeness (QED) is 0.493. The maximum absolute atomic E-state index is 13.7. The maximum atomic E-state index is 13.7. The van der Waals surface area contributed by atoms with Crippen LogP contribution < -0.4 is 0 Å². The van der Waals surface area contributed by atoms with Gasteiger partial charge in [0.25, 0.3) is 5.91 Å². The summed E-state index contributed by atoms with van der Waals surface area (Å²) in [6, 6.07) is 14.3. The first-order valence-electron chi connectivity index (χ1n) is 12.0. The Morgan fingerprint density at radius 1 is 0.941 bits per heavy atom. The number of carbonyl (C=O) groups is 2. The van der Waals surface area contributed by atoms with Gasteiger partial charge in [-0.25, -0.2) is 4.68 Å². The minimum Gasteiger partial charge on any atom is -0.466 e. The standard InChI is InChI=1S/C28H33N3O3/c1-6-34-28(33)22-11-13-30(14-12-22)27(32)26-17-24(23-10-9-19(3)21(5)16-23)29-31(26)25-15-18(2)7-8-20(25)4/h7-10,15-17,22H,6,11-14H2,1-5H3. The molecule has 2 aromatic carbocycles. The number of esters is 1. The molecule has 0 unspecified atom stereocenters. The Balaban J connectivity index is 1.70. The lowest BCUT2D eigenvalue weighted by molar-refractivity contribution is -0.149. The van der Waals surface area contributed by atoms with E-state index < -0.39 is 0 Å². The van der Waals surface area contributed by atoms with Gasteiger partial charge in [0.2, 0.25) is 0 Å². The number of nitrogens with zero attached hydrogens (tertiary/aromatic N) is 3. The second-order valence-electron chi connectivity index (χ2n) is 9.23. The minimum atomic E-state index is -0.160. The molecule has 1 aromatic heterocycles. The molecule has 0 spiro atoms. The Kier molecular flexibility index (Phi) is 6.87. The molecule has 6 heteroatoms. The highest BCUT2D eigenvalue weighted by Gasteiger charge is 2.30. The van der Waals surface area contributed by atoms with Crippen molar-refractivity contribution in [3.8, 4) is 16.9 Å². The summed E-state index contributed by atoms with van der Waals surface area (Å²) in [5.74, 6) is -0.364. The van der Waals surface area contributed by atoms with Gasteiger partial charge in [-0.3, -0.25) is 9.59 Å². The average molecular weight is 460 g/mol. The molecule has 34 heavy (non-hydrogen) atoms. The predicted molar refractivity (Wildman–Crippen MR) is 133 cm³/mol. The maximum Gasteiger partial charge on any atom is 0.309 e. The highest BCUT2D eigenvalue weighted by atomic mass is 16.5. The number of piperidine rings is 1. The predicted octanol–water partition coefficient (Wildman–Crippen LogP) is 5.19. The molecule has 2 heterocycles. The molecule has 1 saturated heterocycles. The van der Waals surface area contributed by atoms with Gasteiger partial charge in [-0.05, 0) is 87.9 Å². The van der Waals surface area contributed by atoms with E-state index in [4.69, 9.17) is 9.84 Å². The Bertz CT molecular complexity index is 1220. The van der Waals surface area contributed by atoms with Gasteiger partial charge in [-0.1, -0.05) is 24.3 Å². The van der Waals surface area contributed by atoms with Gasteiger partial charge in [0.1, 0.15) is 5.69 Å². The number of hydrogen-bond acceptors (Lipinski definition) is 4. The van der Waals surface area contributed by atoms with Crippen molar-refractivity contribution in [3.63, 3.8) is 0 Å². The zero-order valence-corrected chi connectivity index (χ0v) is 20.7. The molecule has 1 aliphatic rings. The molecule has 0 bridgehead atoms. The first kappa shape index (κ1) is 23.7. The van der Waals surface area contributed by atoms with Crippen molar-refractivity contribution in [2.24, 2.45) is 5.92 Å². The first-order valence-corrected chi connectivity index (χ1v) is 12.0. The lowest BCUT2D eigenvalue weighted by atomic mass is 9.96. The molecule has 4 rings (SSSR count). The smallest absolute Gasteiger partial charge is 0.309 e. The first-order chi connectivity index (χ1) is 16.3. The van der Waals surface area contributed by atoms with Crippen LogP contribution in [0.2, 0.25) is 0 Å². The van der Waals surface area contributed by atoms with Gasteiger partial charge in [0.15, 0.2) is 0 Å². The summed E-state index contributed by atoms with van der Waals surface area (Å²) < 4.78 is 6.96. The summed E-state index contributed by atoms with van der Waals surface area (Å²) in [6.45, 7) is 11.5. The Morgan fingerprint density at radius 2 is 1.65 bits per heavy atom. The summed E-state index contributed by atoms with van der Waals surface area (Å²) in [6.07, 6.45) is 1.23. The molecule has 0 N–H and O–H groups in total. The third-order valence-electron chi connectivity index (χ3n) is 6.73. The van der Waals surface area contributed by atoms with Gasteiger partial charge < -0.3 is 9.64 Å². The molecule has 0 atom stereocenters. The van der Waals surface area contributed by atoms with E-state index in [-0.39, 0.29) is 17.8 Å². The van der Waals surface area contributed by atoms with Crippen molar-refractivity contribution in [3.05, 3.63) is 70.4 Å². The van der Waals surface area contributed by atoms with Crippen molar-refractivity contribution >= 4 is 11.9 Å². The van der Waals surface area contributed by atoms with Gasteiger partial charge in [0, 0.05) is 18.7 Å². The lowest BCUT2D eigenvalue weighted by Gasteiger charge is -2.31. The second kappa shape index (κ2) is 9.84. The van der Waals surface area contributed by atoms with E-state index in [9.17, 15) is 9.59 Å². The van der Waals surface area contributed by atoms with Crippen LogP contribution in [0, 0.1) is 33.6 Å². The Hall–Kier alpha value is -3.41. The van der Waals surface area contributed by atoms with E-state index in [1.165, 1.54) is 11.1 Å². The molecule has 178 valence electrons. The number of benzene rings is 2. The normalized spacial score (nSPS) is 14.3. The number of likely N-dealkylation sites (tertiary alicyclic amines) is 1. The summed E-state index contributed by atoms with van der Waals surface area (Å²) in [5.41, 5.74) is 7.77. The van der Waals surface area contributed by atoms with Gasteiger partial charge in [-0.2, -0.15) is 5.10 Å². The van der Waals surface area contributed by atoms with Crippen LogP contribution in [0.5, 0.6) is 0 Å². The van der Waals surface area contributed by atoms with Gasteiger partial charge >= 0.3 is 5.97 Å². The van der Waals surface area contributed by atoms with Crippen LogP contribution in [0.15, 0.2) is 42.5 Å². The van der Waals surface area contributed by atoms with Crippen molar-refractivity contribution in [1.82, 2.24) is 14.7 Å². The fourth-order valence-corrected chi connectivity index (χ4v) is 4.45. The van der Waals surface area contributed by atoms with E-state index in [2.05, 4.69) is 50.2 Å². The fourth-order valence-electron chi connectivity index (χ4n) is 4.45. The molecule has 3 aromatic rings. The fraction of sp³-hybridized carbons (Fsp3) is 0.393. The van der Waals surface area contributed by atoms with Crippen molar-refractivity contribution in [2.75, 3.05) is 19.7 Å². The molecule has 0 aliphatic carbocycles. The SMILES string of the molecule is CCOC(=O)C1CCN(C(=O)c2cc(-c3ccc(C)c(C)c3)nn2-c2cc(C)ccc2C)CC1. The lowest BCUT2D eigenvalue weighted by Crippen LogP contribution is -2.41. The molecule has 0 saturated carbocycles. The number of aromatic nitrogens is 2. The number of aryl methyl sites for hydroxylation is 4. The Morgan fingerprint density at radius 3 is 2.32 bits per heavy atom. The molecule has 1 amide bonds. The zero-order valence-electron chi connectivity index (χ0n) is 20.7. The van der Waals surface area contributed by atoms with Crippen LogP contribution in [-0.4, -0.2) is 46.3 Å². The van der Waals surface area contributed by atoms with E-state index >= 15 is 0 Å². The number of amides is 1. The third kappa shape index (κ3) is 4.76. The largest absolute Gasteiger partial charge is 0.466 e. The van der Waals surface area contributed by atoms with Crippen LogP contribution in [0.4, 0.5) is 0 Å². The summed E-state index contributed by atoms with van der Waals surface area (Å²) in [4.78, 5) is 27.7. The molecule has 1 fully saturated rings. The average Bonchev–Trinajstić information content (AvgIpc) is 3.27. The zero-order chi connectivity index (χ0) is 24.4. The Labute approximate surface area is 201 Å². The minimum absolute atomic E-state index is 0.0641. The highest BCUT2D eigenvalue weighted by Crippen LogP contribution is 2.28. The van der Waals surface area contributed by atoms with E-state index in [1.807, 2.05) is 31.7 Å². The van der Waals surface area contributed by atoms with E-state index in [0.29, 0.717) is 38.2 Å². The van der Waals surface area contributed by atoms with Gasteiger partial charge in [0.05, 0.1) is 23.9 Å². The van der Waals surface area contributed by atoms with Crippen LogP contribution >= 0.6 is 0 Å². The molecule has 6 nitrogen and oxygen atoms in total. The number of ether oxygens (including phenoxy) is 1. The molecular formula is C28H33N3O3. The number of rotatable bonds is 5. The monoisotopic (exact) mass is 459 g/mol. The van der Waals surface area contributed by atoms with Crippen molar-refractivity contribution in [2.45, 2.75) is 47.5 Å². The van der Waals surface area contributed by atoms with Crippen LogP contribution in [0.25, 0.3) is 16.9 Å². The molecule has 0 radical (unpaired) electrons.